The van der Waals surface area contributed by atoms with E-state index in [0.717, 1.165) is 31.0 Å². The van der Waals surface area contributed by atoms with Gasteiger partial charge in [0, 0.05) is 19.8 Å². The topological polar surface area (TPSA) is 21.3 Å². The highest BCUT2D eigenvalue weighted by Gasteiger charge is 2.30. The predicted molar refractivity (Wildman–Crippen MR) is 60.5 cm³/mol. The van der Waals surface area contributed by atoms with E-state index in [-0.39, 0.29) is 0 Å². The van der Waals surface area contributed by atoms with Gasteiger partial charge in [0.2, 0.25) is 0 Å². The van der Waals surface area contributed by atoms with Crippen molar-refractivity contribution >= 4 is 0 Å². The Labute approximate surface area is 88.4 Å². The average molecular weight is 199 g/mol. The molecule has 1 aliphatic rings. The second kappa shape index (κ2) is 6.41. The largest absolute Gasteiger partial charge is 0.385 e. The van der Waals surface area contributed by atoms with Gasteiger partial charge in [0.05, 0.1) is 0 Å². The van der Waals surface area contributed by atoms with E-state index in [9.17, 15) is 0 Å². The summed E-state index contributed by atoms with van der Waals surface area (Å²) >= 11 is 0. The Morgan fingerprint density at radius 2 is 2.14 bits per heavy atom. The van der Waals surface area contributed by atoms with E-state index < -0.39 is 0 Å². The normalized spacial score (nSPS) is 21.6. The van der Waals surface area contributed by atoms with Gasteiger partial charge in [-0.3, -0.25) is 0 Å². The first kappa shape index (κ1) is 12.0. The molecule has 0 aromatic rings. The van der Waals surface area contributed by atoms with Crippen LogP contribution in [-0.2, 0) is 4.74 Å². The number of methoxy groups -OCH3 is 1. The fraction of sp³-hybridized carbons (Fsp3) is 1.00. The molecule has 14 heavy (non-hydrogen) atoms. The van der Waals surface area contributed by atoms with Gasteiger partial charge in [-0.2, -0.15) is 0 Å². The van der Waals surface area contributed by atoms with Gasteiger partial charge in [-0.05, 0) is 37.6 Å². The fourth-order valence-corrected chi connectivity index (χ4v) is 2.35. The van der Waals surface area contributed by atoms with E-state index >= 15 is 0 Å². The van der Waals surface area contributed by atoms with E-state index in [1.54, 1.807) is 7.11 Å². The van der Waals surface area contributed by atoms with Crippen LogP contribution in [-0.4, -0.2) is 26.3 Å². The zero-order chi connectivity index (χ0) is 10.4. The molecule has 1 N–H and O–H groups in total. The summed E-state index contributed by atoms with van der Waals surface area (Å²) in [4.78, 5) is 0. The molecular formula is C12H25NO. The lowest BCUT2D eigenvalue weighted by Crippen LogP contribution is -2.44. The van der Waals surface area contributed by atoms with Gasteiger partial charge in [0.1, 0.15) is 0 Å². The van der Waals surface area contributed by atoms with E-state index in [0.29, 0.717) is 0 Å². The number of ether oxygens (including phenoxy) is 1. The fourth-order valence-electron chi connectivity index (χ4n) is 2.35. The molecule has 84 valence electrons. The summed E-state index contributed by atoms with van der Waals surface area (Å²) < 4.78 is 5.14. The zero-order valence-electron chi connectivity index (χ0n) is 9.88. The van der Waals surface area contributed by atoms with Crippen LogP contribution in [0.3, 0.4) is 0 Å². The minimum atomic E-state index is 0.726. The zero-order valence-corrected chi connectivity index (χ0v) is 9.88. The van der Waals surface area contributed by atoms with Gasteiger partial charge in [-0.25, -0.2) is 0 Å². The van der Waals surface area contributed by atoms with E-state index in [1.807, 2.05) is 0 Å². The highest BCUT2D eigenvalue weighted by molar-refractivity contribution is 4.85. The summed E-state index contributed by atoms with van der Waals surface area (Å²) in [5.41, 5.74) is 0. The molecule has 1 fully saturated rings. The Morgan fingerprint density at radius 3 is 2.57 bits per heavy atom. The molecular weight excluding hydrogens is 174 g/mol. The summed E-state index contributed by atoms with van der Waals surface area (Å²) in [6, 6.07) is 0.726. The Kier molecular flexibility index (Phi) is 5.49. The maximum absolute atomic E-state index is 5.14. The molecule has 2 atom stereocenters. The summed E-state index contributed by atoms with van der Waals surface area (Å²) in [6.45, 7) is 6.55. The summed E-state index contributed by atoms with van der Waals surface area (Å²) in [5.74, 6) is 1.68. The number of hydrogen-bond donors (Lipinski definition) is 1. The van der Waals surface area contributed by atoms with Crippen molar-refractivity contribution in [1.29, 1.82) is 0 Å². The molecule has 2 nitrogen and oxygen atoms in total. The van der Waals surface area contributed by atoms with Crippen LogP contribution in [0.25, 0.3) is 0 Å². The molecule has 2 unspecified atom stereocenters. The molecule has 0 aromatic heterocycles. The molecule has 0 spiro atoms. The molecule has 0 aromatic carbocycles. The van der Waals surface area contributed by atoms with Crippen LogP contribution in [0, 0.1) is 11.8 Å². The molecule has 1 saturated carbocycles. The molecule has 2 heteroatoms. The minimum Gasteiger partial charge on any atom is -0.385 e. The smallest absolute Gasteiger partial charge is 0.0465 e. The summed E-state index contributed by atoms with van der Waals surface area (Å²) in [6.07, 6.45) is 5.47. The first-order valence-corrected chi connectivity index (χ1v) is 6.02. The lowest BCUT2D eigenvalue weighted by Gasteiger charge is -2.38. The molecule has 0 heterocycles. The van der Waals surface area contributed by atoms with Crippen LogP contribution in [0.4, 0.5) is 0 Å². The van der Waals surface area contributed by atoms with Crippen LogP contribution in [0.1, 0.15) is 39.5 Å². The molecule has 0 amide bonds. The predicted octanol–water partition coefficient (Wildman–Crippen LogP) is 2.44. The summed E-state index contributed by atoms with van der Waals surface area (Å²) in [7, 11) is 1.79. The lowest BCUT2D eigenvalue weighted by molar-refractivity contribution is 0.135. The summed E-state index contributed by atoms with van der Waals surface area (Å²) in [5, 5.41) is 3.64. The van der Waals surface area contributed by atoms with Gasteiger partial charge in [-0.1, -0.05) is 20.3 Å². The second-order valence-electron chi connectivity index (χ2n) is 4.53. The van der Waals surface area contributed by atoms with E-state index in [1.165, 1.54) is 25.7 Å². The van der Waals surface area contributed by atoms with Crippen LogP contribution in [0.2, 0.25) is 0 Å². The van der Waals surface area contributed by atoms with E-state index in [2.05, 4.69) is 19.2 Å². The standard InChI is InChI=1S/C12H25NO/c1-4-13-12(11-6-5-7-11)10(2)8-9-14-3/h10-13H,4-9H2,1-3H3. The highest BCUT2D eigenvalue weighted by atomic mass is 16.5. The van der Waals surface area contributed by atoms with Crippen LogP contribution < -0.4 is 5.32 Å². The third-order valence-electron chi connectivity index (χ3n) is 3.49. The number of hydrogen-bond acceptors (Lipinski definition) is 2. The van der Waals surface area contributed by atoms with Crippen molar-refractivity contribution in [3.8, 4) is 0 Å². The maximum Gasteiger partial charge on any atom is 0.0465 e. The number of rotatable bonds is 7. The molecule has 0 aliphatic heterocycles. The molecule has 1 aliphatic carbocycles. The van der Waals surface area contributed by atoms with Crippen molar-refractivity contribution in [2.24, 2.45) is 11.8 Å². The molecule has 0 saturated heterocycles. The van der Waals surface area contributed by atoms with Crippen molar-refractivity contribution in [2.75, 3.05) is 20.3 Å². The molecule has 1 rings (SSSR count). The maximum atomic E-state index is 5.14. The van der Waals surface area contributed by atoms with Crippen molar-refractivity contribution < 1.29 is 4.74 Å². The quantitative estimate of drug-likeness (QED) is 0.680. The third-order valence-corrected chi connectivity index (χ3v) is 3.49. The third kappa shape index (κ3) is 3.25. The van der Waals surface area contributed by atoms with Gasteiger partial charge >= 0.3 is 0 Å². The SMILES string of the molecule is CCNC(C(C)CCOC)C1CCC1. The Hall–Kier alpha value is -0.0800. The van der Waals surface area contributed by atoms with Crippen LogP contribution >= 0.6 is 0 Å². The van der Waals surface area contributed by atoms with Crippen molar-refractivity contribution in [3.05, 3.63) is 0 Å². The van der Waals surface area contributed by atoms with Crippen LogP contribution in [0.5, 0.6) is 0 Å². The first-order chi connectivity index (χ1) is 6.79. The highest BCUT2D eigenvalue weighted by Crippen LogP contribution is 2.33. The van der Waals surface area contributed by atoms with Gasteiger partial charge < -0.3 is 10.1 Å². The number of nitrogens with one attached hydrogen (secondary N) is 1. The Balaban J connectivity index is 2.31. The van der Waals surface area contributed by atoms with Gasteiger partial charge in [0.15, 0.2) is 0 Å². The average Bonchev–Trinajstić information content (AvgIpc) is 2.10. The molecule has 0 bridgehead atoms. The van der Waals surface area contributed by atoms with Gasteiger partial charge in [-0.15, -0.1) is 0 Å². The van der Waals surface area contributed by atoms with Crippen molar-refractivity contribution in [3.63, 3.8) is 0 Å². The van der Waals surface area contributed by atoms with Crippen molar-refractivity contribution in [1.82, 2.24) is 5.32 Å². The first-order valence-electron chi connectivity index (χ1n) is 6.02. The lowest BCUT2D eigenvalue weighted by atomic mass is 9.74. The van der Waals surface area contributed by atoms with Crippen molar-refractivity contribution in [2.45, 2.75) is 45.6 Å². The Morgan fingerprint density at radius 1 is 1.43 bits per heavy atom. The second-order valence-corrected chi connectivity index (χ2v) is 4.53. The van der Waals surface area contributed by atoms with Gasteiger partial charge in [0.25, 0.3) is 0 Å². The minimum absolute atomic E-state index is 0.726. The monoisotopic (exact) mass is 199 g/mol. The Bertz CT molecular complexity index is 145. The molecule has 0 radical (unpaired) electrons. The van der Waals surface area contributed by atoms with E-state index in [4.69, 9.17) is 4.74 Å². The van der Waals surface area contributed by atoms with Crippen LogP contribution in [0.15, 0.2) is 0 Å².